The van der Waals surface area contributed by atoms with Crippen LogP contribution >= 0.6 is 0 Å². The number of nitrogens with zero attached hydrogens (tertiary/aromatic N) is 3. The van der Waals surface area contributed by atoms with Gasteiger partial charge in [-0.2, -0.15) is 0 Å². The topological polar surface area (TPSA) is 75.2 Å². The quantitative estimate of drug-likeness (QED) is 0.475. The number of carbonyl (C=O) groups excluding carboxylic acids is 1. The molecule has 6 nitrogen and oxygen atoms in total. The van der Waals surface area contributed by atoms with Crippen molar-refractivity contribution in [3.05, 3.63) is 12.5 Å². The zero-order valence-electron chi connectivity index (χ0n) is 6.41. The number of hydrogen-bond acceptors (Lipinski definition) is 5. The molecule has 2 rings (SSSR count). The minimum atomic E-state index is -0.620. The van der Waals surface area contributed by atoms with E-state index in [9.17, 15) is 9.00 Å². The molecule has 0 bridgehead atoms. The number of aromatic nitrogens is 2. The van der Waals surface area contributed by atoms with Crippen molar-refractivity contribution in [2.45, 2.75) is 6.17 Å². The van der Waals surface area contributed by atoms with Gasteiger partial charge in [0.05, 0.1) is 11.9 Å². The van der Waals surface area contributed by atoms with Crippen molar-refractivity contribution in [1.82, 2.24) is 9.97 Å². The van der Waals surface area contributed by atoms with Crippen LogP contribution in [0.5, 0.6) is 0 Å². The fourth-order valence-corrected chi connectivity index (χ4v) is 1.59. The zero-order chi connectivity index (χ0) is 9.26. The maximum atomic E-state index is 10.7. The van der Waals surface area contributed by atoms with E-state index in [0.717, 1.165) is 0 Å². The molecule has 1 aliphatic heterocycles. The summed E-state index contributed by atoms with van der Waals surface area (Å²) in [4.78, 5) is 18.2. The molecule has 1 aromatic rings. The molecule has 2 heterocycles. The second kappa shape index (κ2) is 3.09. The Morgan fingerprint density at radius 2 is 2.54 bits per heavy atom. The Labute approximate surface area is 77.6 Å². The number of anilines is 2. The van der Waals surface area contributed by atoms with Crippen LogP contribution in [0.3, 0.4) is 0 Å². The Hall–Kier alpha value is -1.50. The van der Waals surface area contributed by atoms with Crippen molar-refractivity contribution in [3.8, 4) is 0 Å². The highest BCUT2D eigenvalue weighted by molar-refractivity contribution is 7.67. The van der Waals surface area contributed by atoms with Crippen LogP contribution in [-0.2, 0) is 16.6 Å². The fourth-order valence-electron chi connectivity index (χ4n) is 1.14. The highest BCUT2D eigenvalue weighted by Gasteiger charge is 2.29. The summed E-state index contributed by atoms with van der Waals surface area (Å²) >= 11 is -0.264. The summed E-state index contributed by atoms with van der Waals surface area (Å²) in [7, 11) is 0. The molecule has 1 aromatic heterocycles. The summed E-state index contributed by atoms with van der Waals surface area (Å²) in [6.45, 7) is 0. The lowest BCUT2D eigenvalue weighted by Crippen LogP contribution is -2.33. The highest BCUT2D eigenvalue weighted by Crippen LogP contribution is 2.29. The van der Waals surface area contributed by atoms with Gasteiger partial charge < -0.3 is 5.32 Å². The van der Waals surface area contributed by atoms with Crippen LogP contribution in [-0.4, -0.2) is 26.6 Å². The standard InChI is InChI=1S/C6H6N4O2S/c11-2-5-9-4-1-7-3-8-6(4)10(5)13-12/h1-3,5,9,13H. The molecule has 0 aliphatic carbocycles. The molecule has 1 aliphatic rings. The summed E-state index contributed by atoms with van der Waals surface area (Å²) in [6.07, 6.45) is 2.91. The predicted molar refractivity (Wildman–Crippen MR) is 47.5 cm³/mol. The number of carbonyl (C=O) groups is 1. The van der Waals surface area contributed by atoms with Gasteiger partial charge in [-0.3, -0.25) is 4.79 Å². The Kier molecular flexibility index (Phi) is 1.93. The van der Waals surface area contributed by atoms with E-state index < -0.39 is 6.17 Å². The molecule has 0 amide bonds. The SMILES string of the molecule is O=CC1Nc2cncnc2N1[SH]=O. The average Bonchev–Trinajstić information content (AvgIpc) is 2.55. The molecule has 7 heteroatoms. The van der Waals surface area contributed by atoms with Gasteiger partial charge in [0.2, 0.25) is 0 Å². The Bertz CT molecular complexity index is 358. The molecule has 0 spiro atoms. The summed E-state index contributed by atoms with van der Waals surface area (Å²) in [5, 5.41) is 2.81. The van der Waals surface area contributed by atoms with Gasteiger partial charge in [0.25, 0.3) is 0 Å². The maximum Gasteiger partial charge on any atom is 0.170 e. The predicted octanol–water partition coefficient (Wildman–Crippen LogP) is -0.906. The highest BCUT2D eigenvalue weighted by atomic mass is 32.2. The van der Waals surface area contributed by atoms with Crippen LogP contribution in [0.1, 0.15) is 0 Å². The number of hydrogen-bond donors (Lipinski definition) is 2. The zero-order valence-corrected chi connectivity index (χ0v) is 7.31. The molecule has 0 saturated carbocycles. The lowest BCUT2D eigenvalue weighted by atomic mass is 10.5. The number of thiol groups is 1. The first kappa shape index (κ1) is 8.11. The van der Waals surface area contributed by atoms with Gasteiger partial charge in [-0.05, 0) is 0 Å². The van der Waals surface area contributed by atoms with Crippen LogP contribution in [0.25, 0.3) is 0 Å². The first-order valence-corrected chi connectivity index (χ1v) is 4.27. The molecule has 0 saturated heterocycles. The van der Waals surface area contributed by atoms with Gasteiger partial charge in [-0.15, -0.1) is 0 Å². The van der Waals surface area contributed by atoms with Crippen LogP contribution in [0.2, 0.25) is 0 Å². The van der Waals surface area contributed by atoms with Gasteiger partial charge in [0.1, 0.15) is 18.2 Å². The smallest absolute Gasteiger partial charge is 0.170 e. The van der Waals surface area contributed by atoms with Crippen molar-refractivity contribution < 1.29 is 9.00 Å². The van der Waals surface area contributed by atoms with E-state index in [-0.39, 0.29) is 11.9 Å². The lowest BCUT2D eigenvalue weighted by Gasteiger charge is -2.12. The van der Waals surface area contributed by atoms with Crippen molar-refractivity contribution >= 4 is 29.6 Å². The van der Waals surface area contributed by atoms with Gasteiger partial charge >= 0.3 is 0 Å². The maximum absolute atomic E-state index is 10.7. The Morgan fingerprint density at radius 1 is 1.69 bits per heavy atom. The number of aldehydes is 1. The third-order valence-corrected chi connectivity index (χ3v) is 2.31. The first-order valence-electron chi connectivity index (χ1n) is 3.51. The lowest BCUT2D eigenvalue weighted by molar-refractivity contribution is -0.108. The minimum Gasteiger partial charge on any atom is -0.354 e. The van der Waals surface area contributed by atoms with Gasteiger partial charge in [-0.25, -0.2) is 18.5 Å². The van der Waals surface area contributed by atoms with E-state index in [2.05, 4.69) is 15.3 Å². The van der Waals surface area contributed by atoms with Gasteiger partial charge in [-0.1, -0.05) is 0 Å². The monoisotopic (exact) mass is 198 g/mol. The van der Waals surface area contributed by atoms with E-state index in [1.165, 1.54) is 16.8 Å². The van der Waals surface area contributed by atoms with Gasteiger partial charge in [0, 0.05) is 0 Å². The normalized spacial score (nSPS) is 19.4. The molecule has 1 atom stereocenters. The summed E-state index contributed by atoms with van der Waals surface area (Å²) in [5.41, 5.74) is 0.614. The van der Waals surface area contributed by atoms with Crippen LogP contribution in [0.4, 0.5) is 11.5 Å². The Morgan fingerprint density at radius 3 is 3.23 bits per heavy atom. The van der Waals surface area contributed by atoms with Crippen LogP contribution < -0.4 is 9.62 Å². The minimum absolute atomic E-state index is 0.264. The summed E-state index contributed by atoms with van der Waals surface area (Å²) in [5.74, 6) is 0.476. The van der Waals surface area contributed by atoms with Crippen LogP contribution in [0.15, 0.2) is 12.5 Å². The number of nitrogens with one attached hydrogen (secondary N) is 1. The first-order chi connectivity index (χ1) is 6.36. The molecular weight excluding hydrogens is 192 g/mol. The van der Waals surface area contributed by atoms with E-state index >= 15 is 0 Å². The molecule has 0 aromatic carbocycles. The molecule has 0 fully saturated rings. The van der Waals surface area contributed by atoms with Gasteiger partial charge in [0.15, 0.2) is 18.3 Å². The van der Waals surface area contributed by atoms with Crippen molar-refractivity contribution in [3.63, 3.8) is 0 Å². The average molecular weight is 198 g/mol. The molecular formula is C6H6N4O2S. The molecule has 68 valence electrons. The Balaban J connectivity index is 2.45. The van der Waals surface area contributed by atoms with E-state index in [1.54, 1.807) is 0 Å². The second-order valence-electron chi connectivity index (χ2n) is 2.41. The third-order valence-electron chi connectivity index (χ3n) is 1.69. The fraction of sp³-hybridized carbons (Fsp3) is 0.167. The molecule has 0 radical (unpaired) electrons. The number of fused-ring (bicyclic) bond motifs is 1. The van der Waals surface area contributed by atoms with Crippen LogP contribution in [0, 0.1) is 0 Å². The largest absolute Gasteiger partial charge is 0.354 e. The summed E-state index contributed by atoms with van der Waals surface area (Å²) < 4.78 is 12.0. The third kappa shape index (κ3) is 1.17. The van der Waals surface area contributed by atoms with E-state index in [1.807, 2.05) is 0 Å². The van der Waals surface area contributed by atoms with Crippen molar-refractivity contribution in [2.24, 2.45) is 0 Å². The molecule has 13 heavy (non-hydrogen) atoms. The van der Waals surface area contributed by atoms with E-state index in [0.29, 0.717) is 17.8 Å². The summed E-state index contributed by atoms with van der Waals surface area (Å²) in [6, 6.07) is 0. The molecule has 1 unspecified atom stereocenters. The van der Waals surface area contributed by atoms with E-state index in [4.69, 9.17) is 0 Å². The van der Waals surface area contributed by atoms with Crippen molar-refractivity contribution in [2.75, 3.05) is 9.62 Å². The van der Waals surface area contributed by atoms with Crippen molar-refractivity contribution in [1.29, 1.82) is 0 Å². The molecule has 1 N–H and O–H groups in total. The second-order valence-corrected chi connectivity index (χ2v) is 3.01. The number of rotatable bonds is 2.